The Morgan fingerprint density at radius 2 is 1.54 bits per heavy atom. The van der Waals surface area contributed by atoms with Gasteiger partial charge in [-0.15, -0.1) is 23.2 Å². The molecule has 2 N–H and O–H groups in total. The fourth-order valence-corrected chi connectivity index (χ4v) is 1.49. The lowest BCUT2D eigenvalue weighted by atomic mass is 10.2. The molecule has 0 amide bonds. The molecule has 6 nitrogen and oxygen atoms in total. The van der Waals surface area contributed by atoms with Gasteiger partial charge in [-0.3, -0.25) is 9.59 Å². The summed E-state index contributed by atoms with van der Waals surface area (Å²) >= 11 is 9.26. The Morgan fingerprint density at radius 3 is 2.12 bits per heavy atom. The highest BCUT2D eigenvalue weighted by Crippen LogP contribution is 2.31. The van der Waals surface area contributed by atoms with E-state index in [1.807, 2.05) is 0 Å². The van der Waals surface area contributed by atoms with Crippen molar-refractivity contribution in [1.82, 2.24) is 0 Å². The van der Waals surface area contributed by atoms with E-state index < -0.39 is 12.0 Å². The zero-order valence-corrected chi connectivity index (χ0v) is 13.4. The van der Waals surface area contributed by atoms with E-state index in [1.54, 1.807) is 0 Å². The van der Waals surface area contributed by atoms with Crippen LogP contribution in [0.4, 0.5) is 0 Å². The summed E-state index contributed by atoms with van der Waals surface area (Å²) in [6, 6.07) is 8.36. The molecule has 128 valence electrons. The molecular weight excluding hydrogens is 359 g/mol. The van der Waals surface area contributed by atoms with Gasteiger partial charge in [-0.05, 0) is 36.4 Å². The Morgan fingerprint density at radius 1 is 1.00 bits per heavy atom. The van der Waals surface area contributed by atoms with E-state index in [4.69, 9.17) is 25.2 Å². The van der Waals surface area contributed by atoms with Gasteiger partial charge < -0.3 is 19.7 Å². The van der Waals surface area contributed by atoms with Crippen LogP contribution in [0.5, 0.6) is 23.0 Å². The Hall–Kier alpha value is -2.44. The Bertz CT molecular complexity index is 836. The SMILES string of the molecule is O=Cc1ccc(O)c(O)c1.[2H]C([2H])(Cl)Cl.[2H]C1([2H])Oc2ccc(C=O)cc2O1. The second-order valence-corrected chi connectivity index (χ2v) is 4.62. The quantitative estimate of drug-likeness (QED) is 0.472. The molecule has 1 aliphatic heterocycles. The highest BCUT2D eigenvalue weighted by atomic mass is 35.5. The van der Waals surface area contributed by atoms with Crippen molar-refractivity contribution in [3.8, 4) is 23.0 Å². The number of carbonyl (C=O) groups is 2. The van der Waals surface area contributed by atoms with Crippen LogP contribution in [0.1, 0.15) is 26.2 Å². The number of rotatable bonds is 2. The van der Waals surface area contributed by atoms with Gasteiger partial charge in [-0.2, -0.15) is 0 Å². The minimum absolute atomic E-state index is 0.217. The predicted octanol–water partition coefficient (Wildman–Crippen LogP) is 3.56. The third kappa shape index (κ3) is 5.98. The van der Waals surface area contributed by atoms with Crippen molar-refractivity contribution in [1.29, 1.82) is 0 Å². The first-order valence-corrected chi connectivity index (χ1v) is 6.92. The lowest BCUT2D eigenvalue weighted by Crippen LogP contribution is -1.92. The first-order valence-electron chi connectivity index (χ1n) is 8.17. The van der Waals surface area contributed by atoms with Gasteiger partial charge >= 0.3 is 0 Å². The van der Waals surface area contributed by atoms with Gasteiger partial charge in [0, 0.05) is 11.1 Å². The topological polar surface area (TPSA) is 93.1 Å². The molecule has 2 aromatic rings. The molecule has 0 spiro atoms. The van der Waals surface area contributed by atoms with Crippen molar-refractivity contribution in [2.75, 3.05) is 12.0 Å². The van der Waals surface area contributed by atoms with Crippen LogP contribution in [0, 0.1) is 0 Å². The van der Waals surface area contributed by atoms with Crippen LogP contribution in [0.3, 0.4) is 0 Å². The van der Waals surface area contributed by atoms with Crippen LogP contribution < -0.4 is 9.47 Å². The second kappa shape index (κ2) is 10.4. The number of fused-ring (bicyclic) bond motifs is 1. The monoisotopic (exact) mass is 376 g/mol. The van der Waals surface area contributed by atoms with E-state index in [1.165, 1.54) is 36.4 Å². The van der Waals surface area contributed by atoms with E-state index in [2.05, 4.69) is 23.2 Å². The number of halogens is 2. The summed E-state index contributed by atoms with van der Waals surface area (Å²) < 4.78 is 36.1. The number of phenols is 2. The van der Waals surface area contributed by atoms with Gasteiger partial charge in [0.05, 0.1) is 8.03 Å². The van der Waals surface area contributed by atoms with Crippen LogP contribution in [0.25, 0.3) is 0 Å². The number of carbonyl (C=O) groups excluding carboxylic acids is 2. The van der Waals surface area contributed by atoms with E-state index in [9.17, 15) is 9.59 Å². The molecule has 0 saturated carbocycles. The zero-order chi connectivity index (χ0) is 21.5. The summed E-state index contributed by atoms with van der Waals surface area (Å²) in [5, 5.41) is 15.5. The standard InChI is InChI=1S/C8H6O3.C7H6O3.CH2Cl2/c9-4-6-1-2-7-8(3-6)11-5-10-7;8-4-5-1-2-6(9)7(10)3-5;2-1-3/h1-4H,5H2;1-4,9-10H;1H2/i5D2;;1D2. The minimum Gasteiger partial charge on any atom is -0.504 e. The molecule has 0 aromatic heterocycles. The number of aromatic hydroxyl groups is 2. The lowest BCUT2D eigenvalue weighted by Gasteiger charge is -1.95. The Kier molecular flexibility index (Phi) is 6.02. The van der Waals surface area contributed by atoms with Crippen LogP contribution in [-0.2, 0) is 0 Å². The predicted molar refractivity (Wildman–Crippen MR) is 89.7 cm³/mol. The fourth-order valence-electron chi connectivity index (χ4n) is 1.49. The molecule has 0 bridgehead atoms. The number of aldehydes is 2. The average molecular weight is 377 g/mol. The van der Waals surface area contributed by atoms with Gasteiger partial charge in [0.1, 0.15) is 15.3 Å². The molecule has 0 aliphatic carbocycles. The molecular formula is C16H14Cl2O6. The molecule has 0 unspecified atom stereocenters. The average Bonchev–Trinajstić information content (AvgIpc) is 2.89. The van der Waals surface area contributed by atoms with Crippen LogP contribution in [0.15, 0.2) is 36.4 Å². The summed E-state index contributed by atoms with van der Waals surface area (Å²) in [6.45, 7) is -2.12. The van der Waals surface area contributed by atoms with Crippen molar-refractivity contribution in [3.05, 3.63) is 47.5 Å². The van der Waals surface area contributed by atoms with Crippen molar-refractivity contribution in [2.24, 2.45) is 0 Å². The summed E-state index contributed by atoms with van der Waals surface area (Å²) in [6.07, 6.45) is 1.26. The lowest BCUT2D eigenvalue weighted by molar-refractivity contribution is 0.111. The second-order valence-electron chi connectivity index (χ2n) is 4.05. The molecule has 24 heavy (non-hydrogen) atoms. The van der Waals surface area contributed by atoms with Crippen molar-refractivity contribution >= 4 is 35.8 Å². The highest BCUT2D eigenvalue weighted by molar-refractivity contribution is 6.40. The third-order valence-electron chi connectivity index (χ3n) is 2.54. The van der Waals surface area contributed by atoms with Crippen LogP contribution in [0.2, 0.25) is 0 Å². The van der Waals surface area contributed by atoms with Crippen molar-refractivity contribution < 1.29 is 34.8 Å². The van der Waals surface area contributed by atoms with Gasteiger partial charge in [-0.25, -0.2) is 0 Å². The van der Waals surface area contributed by atoms with E-state index >= 15 is 0 Å². The Balaban J connectivity index is 0.000000233. The first-order chi connectivity index (χ1) is 12.8. The van der Waals surface area contributed by atoms with Gasteiger partial charge in [0.2, 0.25) is 6.75 Å². The number of hydrogen-bond donors (Lipinski definition) is 2. The number of alkyl halides is 2. The zero-order valence-electron chi connectivity index (χ0n) is 15.9. The molecule has 0 fully saturated rings. The molecule has 2 aromatic carbocycles. The largest absolute Gasteiger partial charge is 0.504 e. The van der Waals surface area contributed by atoms with Crippen molar-refractivity contribution in [3.63, 3.8) is 0 Å². The van der Waals surface area contributed by atoms with Crippen molar-refractivity contribution in [2.45, 2.75) is 0 Å². The highest BCUT2D eigenvalue weighted by Gasteiger charge is 2.12. The summed E-state index contributed by atoms with van der Waals surface area (Å²) in [4.78, 5) is 20.5. The maximum atomic E-state index is 10.4. The molecule has 1 aliphatic rings. The fraction of sp³-hybridized carbons (Fsp3) is 0.125. The first kappa shape index (κ1) is 13.9. The minimum atomic E-state index is -2.12. The van der Waals surface area contributed by atoms with Crippen LogP contribution in [-0.4, -0.2) is 34.8 Å². The maximum absolute atomic E-state index is 10.4. The van der Waals surface area contributed by atoms with E-state index in [-0.39, 0.29) is 17.2 Å². The molecule has 0 radical (unpaired) electrons. The number of hydrogen-bond acceptors (Lipinski definition) is 6. The van der Waals surface area contributed by atoms with Gasteiger partial charge in [0.25, 0.3) is 0 Å². The molecule has 8 heteroatoms. The normalized spacial score (nSPS) is 15.8. The smallest absolute Gasteiger partial charge is 0.231 e. The van der Waals surface area contributed by atoms with Crippen LogP contribution >= 0.6 is 23.2 Å². The molecule has 1 heterocycles. The molecule has 0 atom stereocenters. The number of benzene rings is 2. The number of ether oxygens (including phenoxy) is 2. The summed E-state index contributed by atoms with van der Waals surface area (Å²) in [5.74, 6) is 0.0837. The van der Waals surface area contributed by atoms with Gasteiger partial charge in [-0.1, -0.05) is 0 Å². The molecule has 0 saturated heterocycles. The Labute approximate surface area is 153 Å². The maximum Gasteiger partial charge on any atom is 0.231 e. The van der Waals surface area contributed by atoms with Gasteiger partial charge in [0.15, 0.2) is 23.0 Å². The summed E-state index contributed by atoms with van der Waals surface area (Å²) in [7, 11) is 0. The number of phenolic OH excluding ortho intramolecular Hbond substituents is 2. The molecule has 3 rings (SSSR count). The summed E-state index contributed by atoms with van der Waals surface area (Å²) in [5.41, 5.74) is 0.773. The van der Waals surface area contributed by atoms with E-state index in [0.29, 0.717) is 29.4 Å². The third-order valence-corrected chi connectivity index (χ3v) is 2.54. The van der Waals surface area contributed by atoms with E-state index in [0.717, 1.165) is 0 Å².